The lowest BCUT2D eigenvalue weighted by Gasteiger charge is -2.14. The molecule has 0 saturated carbocycles. The summed E-state index contributed by atoms with van der Waals surface area (Å²) >= 11 is 3.30. The Bertz CT molecular complexity index is 755. The number of halogens is 1. The first kappa shape index (κ1) is 15.7. The number of rotatable bonds is 5. The number of nitrogens with one attached hydrogen (secondary N) is 2. The van der Waals surface area contributed by atoms with Crippen LogP contribution in [-0.4, -0.2) is 29.7 Å². The van der Waals surface area contributed by atoms with Crippen LogP contribution in [-0.2, 0) is 10.0 Å². The zero-order chi connectivity index (χ0) is 15.6. The molecule has 1 heterocycles. The van der Waals surface area contributed by atoms with Gasteiger partial charge in [0.05, 0.1) is 6.20 Å². The van der Waals surface area contributed by atoms with E-state index < -0.39 is 32.6 Å². The predicted octanol–water partition coefficient (Wildman–Crippen LogP) is 1.91. The molecule has 2 aromatic rings. The maximum Gasteiger partial charge on any atom is 0.340 e. The number of hydrogen-bond donors (Lipinski definition) is 3. The van der Waals surface area contributed by atoms with Gasteiger partial charge in [-0.15, -0.1) is 0 Å². The van der Waals surface area contributed by atoms with Gasteiger partial charge in [0.15, 0.2) is 5.03 Å². The molecule has 0 fully saturated rings. The second-order valence-corrected chi connectivity index (χ2v) is 6.88. The number of aromatic nitrogens is 2. The van der Waals surface area contributed by atoms with Gasteiger partial charge in [-0.1, -0.05) is 28.1 Å². The number of carboxylic acids is 1. The van der Waals surface area contributed by atoms with Crippen LogP contribution >= 0.6 is 15.9 Å². The van der Waals surface area contributed by atoms with E-state index in [0.29, 0.717) is 0 Å². The van der Waals surface area contributed by atoms with Crippen molar-refractivity contribution in [1.29, 1.82) is 0 Å². The lowest BCUT2D eigenvalue weighted by molar-refractivity contribution is 0.0692. The van der Waals surface area contributed by atoms with E-state index in [1.807, 2.05) is 0 Å². The maximum atomic E-state index is 12.2. The third-order valence-corrected chi connectivity index (χ3v) is 4.85. The molecule has 0 amide bonds. The van der Waals surface area contributed by atoms with Gasteiger partial charge in [-0.05, 0) is 24.6 Å². The van der Waals surface area contributed by atoms with Gasteiger partial charge >= 0.3 is 5.97 Å². The van der Waals surface area contributed by atoms with Crippen LogP contribution in [0, 0.1) is 0 Å². The highest BCUT2D eigenvalue weighted by Gasteiger charge is 2.26. The second-order valence-electron chi connectivity index (χ2n) is 4.31. The molecule has 9 heteroatoms. The minimum Gasteiger partial charge on any atom is -0.478 e. The quantitative estimate of drug-likeness (QED) is 0.740. The van der Waals surface area contributed by atoms with Crippen LogP contribution in [0.3, 0.4) is 0 Å². The molecule has 0 aliphatic carbocycles. The van der Waals surface area contributed by atoms with Crippen LogP contribution in [0.4, 0.5) is 0 Å². The lowest BCUT2D eigenvalue weighted by atomic mass is 10.1. The van der Waals surface area contributed by atoms with Crippen molar-refractivity contribution < 1.29 is 18.3 Å². The molecule has 0 bridgehead atoms. The maximum absolute atomic E-state index is 12.2. The molecule has 1 aromatic carbocycles. The summed E-state index contributed by atoms with van der Waals surface area (Å²) < 4.78 is 27.7. The summed E-state index contributed by atoms with van der Waals surface area (Å²) in [5.41, 5.74) is 0.351. The third kappa shape index (κ3) is 3.49. The molecule has 0 radical (unpaired) electrons. The number of aromatic amines is 1. The average molecular weight is 374 g/mol. The Labute approximate surface area is 129 Å². The summed E-state index contributed by atoms with van der Waals surface area (Å²) in [5, 5.41) is 14.2. The van der Waals surface area contributed by atoms with E-state index in [1.54, 1.807) is 31.2 Å². The first-order valence-corrected chi connectivity index (χ1v) is 8.13. The molecule has 1 atom stereocenters. The first-order valence-electron chi connectivity index (χ1n) is 5.85. The molecular weight excluding hydrogens is 362 g/mol. The Morgan fingerprint density at radius 2 is 2.00 bits per heavy atom. The van der Waals surface area contributed by atoms with Crippen molar-refractivity contribution in [2.24, 2.45) is 0 Å². The number of carbonyl (C=O) groups is 1. The second kappa shape index (κ2) is 5.96. The third-order valence-electron chi connectivity index (χ3n) is 2.81. The standard InChI is InChI=1S/C12H12BrN3O4S/c1-7(8-2-4-9(13)5-3-8)16-21(19,20)11-10(12(17)18)6-14-15-11/h2-7,16H,1H3,(H,14,15)(H,17,18). The monoisotopic (exact) mass is 373 g/mol. The van der Waals surface area contributed by atoms with E-state index >= 15 is 0 Å². The largest absolute Gasteiger partial charge is 0.478 e. The van der Waals surface area contributed by atoms with Gasteiger partial charge < -0.3 is 5.11 Å². The van der Waals surface area contributed by atoms with Gasteiger partial charge in [0.2, 0.25) is 0 Å². The molecule has 112 valence electrons. The highest BCUT2D eigenvalue weighted by atomic mass is 79.9. The molecule has 3 N–H and O–H groups in total. The van der Waals surface area contributed by atoms with Crippen LogP contribution in [0.5, 0.6) is 0 Å². The lowest BCUT2D eigenvalue weighted by Crippen LogP contribution is -2.28. The van der Waals surface area contributed by atoms with Crippen LogP contribution in [0.15, 0.2) is 40.0 Å². The zero-order valence-electron chi connectivity index (χ0n) is 10.9. The van der Waals surface area contributed by atoms with Crippen molar-refractivity contribution in [2.75, 3.05) is 0 Å². The molecule has 1 aromatic heterocycles. The summed E-state index contributed by atoms with van der Waals surface area (Å²) in [4.78, 5) is 11.0. The fraction of sp³-hybridized carbons (Fsp3) is 0.167. The Morgan fingerprint density at radius 3 is 2.57 bits per heavy atom. The fourth-order valence-corrected chi connectivity index (χ4v) is 3.33. The highest BCUT2D eigenvalue weighted by Crippen LogP contribution is 2.20. The number of sulfonamides is 1. The molecule has 0 aliphatic heterocycles. The molecule has 1 unspecified atom stereocenters. The topological polar surface area (TPSA) is 112 Å². The van der Waals surface area contributed by atoms with Crippen molar-refractivity contribution in [1.82, 2.24) is 14.9 Å². The van der Waals surface area contributed by atoms with Crippen LogP contribution in [0.2, 0.25) is 0 Å². The Morgan fingerprint density at radius 1 is 1.38 bits per heavy atom. The van der Waals surface area contributed by atoms with Crippen LogP contribution in [0.1, 0.15) is 28.9 Å². The summed E-state index contributed by atoms with van der Waals surface area (Å²) in [7, 11) is -4.01. The van der Waals surface area contributed by atoms with Gasteiger partial charge in [0.25, 0.3) is 10.0 Å². The van der Waals surface area contributed by atoms with E-state index in [1.165, 1.54) is 0 Å². The van der Waals surface area contributed by atoms with Crippen molar-refractivity contribution in [2.45, 2.75) is 18.0 Å². The normalized spacial score (nSPS) is 13.0. The van der Waals surface area contributed by atoms with E-state index in [2.05, 4.69) is 30.8 Å². The summed E-state index contributed by atoms with van der Waals surface area (Å²) in [6, 6.07) is 6.59. The van der Waals surface area contributed by atoms with Gasteiger partial charge in [-0.2, -0.15) is 5.10 Å². The minimum absolute atomic E-state index is 0.398. The molecule has 0 aliphatic rings. The van der Waals surface area contributed by atoms with E-state index in [9.17, 15) is 13.2 Å². The smallest absolute Gasteiger partial charge is 0.340 e. The summed E-state index contributed by atoms with van der Waals surface area (Å²) in [6.07, 6.45) is 0.960. The van der Waals surface area contributed by atoms with Crippen LogP contribution in [0.25, 0.3) is 0 Å². The van der Waals surface area contributed by atoms with Crippen molar-refractivity contribution in [3.63, 3.8) is 0 Å². The molecular formula is C12H12BrN3O4S. The highest BCUT2D eigenvalue weighted by molar-refractivity contribution is 9.10. The number of benzene rings is 1. The molecule has 0 saturated heterocycles. The van der Waals surface area contributed by atoms with Gasteiger partial charge in [0.1, 0.15) is 5.56 Å². The number of nitrogens with zero attached hydrogens (tertiary/aromatic N) is 1. The average Bonchev–Trinajstić information content (AvgIpc) is 2.89. The number of carboxylic acid groups (broad SMARTS) is 1. The van der Waals surface area contributed by atoms with Gasteiger partial charge in [0, 0.05) is 10.5 Å². The first-order chi connectivity index (χ1) is 9.81. The Balaban J connectivity index is 2.27. The summed E-state index contributed by atoms with van der Waals surface area (Å²) in [5.74, 6) is -1.36. The minimum atomic E-state index is -4.01. The molecule has 7 nitrogen and oxygen atoms in total. The van der Waals surface area contributed by atoms with Crippen molar-refractivity contribution >= 4 is 31.9 Å². The van der Waals surface area contributed by atoms with E-state index in [-0.39, 0.29) is 0 Å². The molecule has 21 heavy (non-hydrogen) atoms. The van der Waals surface area contributed by atoms with Crippen molar-refractivity contribution in [3.05, 3.63) is 46.1 Å². The SMILES string of the molecule is CC(NS(=O)(=O)c1[nH]ncc1C(=O)O)c1ccc(Br)cc1. The zero-order valence-corrected chi connectivity index (χ0v) is 13.3. The number of hydrogen-bond acceptors (Lipinski definition) is 4. The Kier molecular flexibility index (Phi) is 4.45. The van der Waals surface area contributed by atoms with Crippen molar-refractivity contribution in [3.8, 4) is 0 Å². The Hall–Kier alpha value is -1.71. The molecule has 0 spiro atoms. The number of aromatic carboxylic acids is 1. The predicted molar refractivity (Wildman–Crippen MR) is 78.4 cm³/mol. The number of H-pyrrole nitrogens is 1. The molecule has 2 rings (SSSR count). The van der Waals surface area contributed by atoms with Gasteiger partial charge in [-0.25, -0.2) is 17.9 Å². The van der Waals surface area contributed by atoms with Crippen LogP contribution < -0.4 is 4.72 Å². The van der Waals surface area contributed by atoms with E-state index in [0.717, 1.165) is 16.2 Å². The summed E-state index contributed by atoms with van der Waals surface area (Å²) in [6.45, 7) is 1.66. The van der Waals surface area contributed by atoms with E-state index in [4.69, 9.17) is 5.11 Å². The van der Waals surface area contributed by atoms with Gasteiger partial charge in [-0.3, -0.25) is 5.10 Å². The fourth-order valence-electron chi connectivity index (χ4n) is 1.74.